The zero-order valence-corrected chi connectivity index (χ0v) is 10.8. The molecule has 0 aromatic carbocycles. The van der Waals surface area contributed by atoms with Crippen LogP contribution in [0, 0.1) is 0 Å². The number of hydrogen-bond donors (Lipinski definition) is 0. The van der Waals surface area contributed by atoms with Crippen molar-refractivity contribution in [2.75, 3.05) is 13.2 Å². The van der Waals surface area contributed by atoms with Gasteiger partial charge in [0, 0.05) is 5.92 Å². The Morgan fingerprint density at radius 3 is 2.89 bits per heavy atom. The highest BCUT2D eigenvalue weighted by atomic mass is 16.6. The summed E-state index contributed by atoms with van der Waals surface area (Å²) >= 11 is 0. The van der Waals surface area contributed by atoms with E-state index in [-0.39, 0.29) is 18.0 Å². The van der Waals surface area contributed by atoms with Gasteiger partial charge < -0.3 is 9.47 Å². The molecule has 1 saturated heterocycles. The fraction of sp³-hybridized carbons (Fsp3) is 0.429. The number of carbonyl (C=O) groups is 1. The van der Waals surface area contributed by atoms with E-state index in [0.29, 0.717) is 18.8 Å². The molecule has 5 nitrogen and oxygen atoms in total. The van der Waals surface area contributed by atoms with Gasteiger partial charge in [-0.2, -0.15) is 5.10 Å². The van der Waals surface area contributed by atoms with Crippen LogP contribution < -0.4 is 0 Å². The number of aromatic nitrogens is 2. The van der Waals surface area contributed by atoms with E-state index in [0.717, 1.165) is 12.3 Å². The van der Waals surface area contributed by atoms with Crippen LogP contribution in [0.5, 0.6) is 0 Å². The minimum Gasteiger partial charge on any atom is -0.461 e. The topological polar surface area (TPSA) is 56.6 Å². The second kappa shape index (κ2) is 5.01. The molecule has 0 saturated carbocycles. The van der Waals surface area contributed by atoms with Crippen LogP contribution in [-0.4, -0.2) is 35.1 Å². The van der Waals surface area contributed by atoms with Gasteiger partial charge in [0.15, 0.2) is 0 Å². The molecule has 5 heteroatoms. The molecule has 1 fully saturated rings. The first kappa shape index (κ1) is 12.2. The maximum atomic E-state index is 11.9. The highest BCUT2D eigenvalue weighted by Gasteiger charge is 2.27. The molecule has 2 aliphatic rings. The highest BCUT2D eigenvalue weighted by molar-refractivity contribution is 5.87. The third-order valence-corrected chi connectivity index (χ3v) is 3.15. The summed E-state index contributed by atoms with van der Waals surface area (Å²) in [6.07, 6.45) is 8.25. The maximum Gasteiger partial charge on any atom is 0.356 e. The molecule has 2 heterocycles. The predicted octanol–water partition coefficient (Wildman–Crippen LogP) is 1.67. The molecule has 1 aromatic rings. The Morgan fingerprint density at radius 2 is 2.26 bits per heavy atom. The standard InChI is InChI=1S/C14H16N2O3/c1-2-18-14(17)13-7-12(10-5-3-4-6-10)15-16(13)8-11-9-19-11/h3-7,10-11H,2,8-9H2,1H3/t11-/m0/s1. The second-order valence-electron chi connectivity index (χ2n) is 4.61. The first-order chi connectivity index (χ1) is 9.28. The van der Waals surface area contributed by atoms with Gasteiger partial charge in [-0.1, -0.05) is 24.3 Å². The second-order valence-corrected chi connectivity index (χ2v) is 4.61. The van der Waals surface area contributed by atoms with Gasteiger partial charge in [0.25, 0.3) is 0 Å². The van der Waals surface area contributed by atoms with Crippen LogP contribution >= 0.6 is 0 Å². The average Bonchev–Trinajstić information content (AvgIpc) is 2.92. The maximum absolute atomic E-state index is 11.9. The third-order valence-electron chi connectivity index (χ3n) is 3.15. The molecule has 1 aliphatic heterocycles. The zero-order valence-electron chi connectivity index (χ0n) is 10.8. The normalized spacial score (nSPS) is 21.0. The number of rotatable bonds is 5. The van der Waals surface area contributed by atoms with Crippen molar-refractivity contribution in [3.63, 3.8) is 0 Å². The molecule has 1 atom stereocenters. The van der Waals surface area contributed by atoms with Gasteiger partial charge in [-0.3, -0.25) is 4.68 Å². The minimum absolute atomic E-state index is 0.148. The smallest absolute Gasteiger partial charge is 0.356 e. The summed E-state index contributed by atoms with van der Waals surface area (Å²) in [6.45, 7) is 3.50. The third kappa shape index (κ3) is 2.61. The number of ether oxygens (including phenoxy) is 2. The molecule has 3 rings (SSSR count). The molecule has 19 heavy (non-hydrogen) atoms. The number of nitrogens with zero attached hydrogens (tertiary/aromatic N) is 2. The fourth-order valence-corrected chi connectivity index (χ4v) is 2.10. The quantitative estimate of drug-likeness (QED) is 0.597. The first-order valence-electron chi connectivity index (χ1n) is 6.49. The van der Waals surface area contributed by atoms with Crippen molar-refractivity contribution < 1.29 is 14.3 Å². The number of epoxide rings is 1. The fourth-order valence-electron chi connectivity index (χ4n) is 2.10. The Labute approximate surface area is 111 Å². The predicted molar refractivity (Wildman–Crippen MR) is 68.9 cm³/mol. The van der Waals surface area contributed by atoms with Crippen LogP contribution in [0.1, 0.15) is 29.0 Å². The van der Waals surface area contributed by atoms with E-state index >= 15 is 0 Å². The molecular formula is C14H16N2O3. The van der Waals surface area contributed by atoms with Gasteiger partial charge in [0.05, 0.1) is 25.5 Å². The Morgan fingerprint density at radius 1 is 1.53 bits per heavy atom. The van der Waals surface area contributed by atoms with E-state index < -0.39 is 0 Å². The Kier molecular flexibility index (Phi) is 3.21. The molecule has 0 amide bonds. The number of hydrogen-bond acceptors (Lipinski definition) is 4. The van der Waals surface area contributed by atoms with Crippen molar-refractivity contribution >= 4 is 5.97 Å². The Balaban J connectivity index is 1.87. The average molecular weight is 260 g/mol. The molecule has 0 unspecified atom stereocenters. The van der Waals surface area contributed by atoms with Gasteiger partial charge in [-0.25, -0.2) is 4.79 Å². The SMILES string of the molecule is CCOC(=O)c1cc(C2C=CC=C2)nn1C[C@H]1CO1. The van der Waals surface area contributed by atoms with Gasteiger partial charge >= 0.3 is 5.97 Å². The van der Waals surface area contributed by atoms with Crippen LogP contribution in [-0.2, 0) is 16.0 Å². The monoisotopic (exact) mass is 260 g/mol. The lowest BCUT2D eigenvalue weighted by Crippen LogP contribution is -2.15. The molecule has 0 radical (unpaired) electrons. The summed E-state index contributed by atoms with van der Waals surface area (Å²) in [4.78, 5) is 11.9. The van der Waals surface area contributed by atoms with E-state index in [1.165, 1.54) is 0 Å². The number of esters is 1. The van der Waals surface area contributed by atoms with Crippen LogP contribution in [0.15, 0.2) is 30.4 Å². The van der Waals surface area contributed by atoms with E-state index in [9.17, 15) is 4.79 Å². The van der Waals surface area contributed by atoms with Crippen LogP contribution in [0.3, 0.4) is 0 Å². The summed E-state index contributed by atoms with van der Waals surface area (Å²) in [5.74, 6) is -0.178. The molecule has 100 valence electrons. The van der Waals surface area contributed by atoms with E-state index in [1.807, 2.05) is 18.2 Å². The van der Waals surface area contributed by atoms with Gasteiger partial charge in [0.1, 0.15) is 11.8 Å². The van der Waals surface area contributed by atoms with E-state index in [1.54, 1.807) is 11.6 Å². The van der Waals surface area contributed by atoms with Gasteiger partial charge in [-0.15, -0.1) is 0 Å². The highest BCUT2D eigenvalue weighted by Crippen LogP contribution is 2.24. The van der Waals surface area contributed by atoms with Crippen molar-refractivity contribution in [1.29, 1.82) is 0 Å². The van der Waals surface area contributed by atoms with Crippen molar-refractivity contribution in [2.24, 2.45) is 0 Å². The molecular weight excluding hydrogens is 244 g/mol. The van der Waals surface area contributed by atoms with Crippen molar-refractivity contribution in [3.8, 4) is 0 Å². The van der Waals surface area contributed by atoms with E-state index in [4.69, 9.17) is 9.47 Å². The molecule has 0 N–H and O–H groups in total. The summed E-state index contributed by atoms with van der Waals surface area (Å²) < 4.78 is 12.0. The number of carbonyl (C=O) groups excluding carboxylic acids is 1. The number of allylic oxidation sites excluding steroid dienone is 4. The van der Waals surface area contributed by atoms with Gasteiger partial charge in [0.2, 0.25) is 0 Å². The zero-order chi connectivity index (χ0) is 13.2. The Hall–Kier alpha value is -1.88. The first-order valence-corrected chi connectivity index (χ1v) is 6.49. The van der Waals surface area contributed by atoms with Crippen molar-refractivity contribution in [2.45, 2.75) is 25.5 Å². The summed E-state index contributed by atoms with van der Waals surface area (Å²) in [5.41, 5.74) is 1.37. The van der Waals surface area contributed by atoms with Crippen LogP contribution in [0.25, 0.3) is 0 Å². The molecule has 0 spiro atoms. The van der Waals surface area contributed by atoms with Gasteiger partial charge in [-0.05, 0) is 13.0 Å². The lowest BCUT2D eigenvalue weighted by atomic mass is 10.1. The Bertz CT molecular complexity index is 529. The van der Waals surface area contributed by atoms with Crippen molar-refractivity contribution in [1.82, 2.24) is 9.78 Å². The molecule has 1 aliphatic carbocycles. The minimum atomic E-state index is -0.326. The van der Waals surface area contributed by atoms with Crippen molar-refractivity contribution in [3.05, 3.63) is 41.8 Å². The van der Waals surface area contributed by atoms with Crippen LogP contribution in [0.4, 0.5) is 0 Å². The summed E-state index contributed by atoms with van der Waals surface area (Å²) in [5, 5.41) is 4.51. The lowest BCUT2D eigenvalue weighted by molar-refractivity contribution is 0.0511. The molecule has 1 aromatic heterocycles. The largest absolute Gasteiger partial charge is 0.461 e. The summed E-state index contributed by atoms with van der Waals surface area (Å²) in [6, 6.07) is 1.81. The van der Waals surface area contributed by atoms with Crippen LogP contribution in [0.2, 0.25) is 0 Å². The summed E-state index contributed by atoms with van der Waals surface area (Å²) in [7, 11) is 0. The lowest BCUT2D eigenvalue weighted by Gasteiger charge is -2.04. The molecule has 0 bridgehead atoms. The van der Waals surface area contributed by atoms with E-state index in [2.05, 4.69) is 17.3 Å².